The molecule has 0 aromatic carbocycles. The smallest absolute Gasteiger partial charge is 0.375 e. The molecule has 1 rings (SSSR count). The molecule has 2 atom stereocenters. The average Bonchev–Trinajstić information content (AvgIpc) is 2.01. The van der Waals surface area contributed by atoms with Crippen molar-refractivity contribution in [3.63, 3.8) is 0 Å². The van der Waals surface area contributed by atoms with Crippen LogP contribution in [0.2, 0.25) is 0 Å². The minimum absolute atomic E-state index is 0.0527. The molecule has 1 N–H and O–H groups in total. The van der Waals surface area contributed by atoms with Gasteiger partial charge in [-0.05, 0) is 6.42 Å². The fourth-order valence-corrected chi connectivity index (χ4v) is 1.85. The van der Waals surface area contributed by atoms with E-state index >= 15 is 0 Å². The van der Waals surface area contributed by atoms with E-state index in [0.717, 1.165) is 6.42 Å². The molecule has 2 unspecified atom stereocenters. The van der Waals surface area contributed by atoms with Gasteiger partial charge in [-0.2, -0.15) is 5.06 Å². The van der Waals surface area contributed by atoms with Crippen LogP contribution in [0.1, 0.15) is 13.3 Å². The molecule has 0 saturated carbocycles. The molecule has 0 amide bonds. The summed E-state index contributed by atoms with van der Waals surface area (Å²) in [6, 6.07) is 0. The van der Waals surface area contributed by atoms with Gasteiger partial charge in [-0.15, -0.1) is 0 Å². The van der Waals surface area contributed by atoms with Gasteiger partial charge in [0, 0.05) is 17.8 Å². The van der Waals surface area contributed by atoms with E-state index in [1.165, 1.54) is 5.06 Å². The van der Waals surface area contributed by atoms with Crippen molar-refractivity contribution in [3.05, 3.63) is 0 Å². The number of halogens is 1. The zero-order valence-electron chi connectivity index (χ0n) is 7.35. The highest BCUT2D eigenvalue weighted by molar-refractivity contribution is 7.80. The van der Waals surface area contributed by atoms with Crippen LogP contribution in [-0.4, -0.2) is 35.8 Å². The molecule has 0 bridgehead atoms. The number of hydroxylamine groups is 2. The third kappa shape index (κ3) is 4.40. The summed E-state index contributed by atoms with van der Waals surface area (Å²) in [4.78, 5) is 8.75. The Kier molecular flexibility index (Phi) is 4.16. The van der Waals surface area contributed by atoms with Crippen LogP contribution in [0.3, 0.4) is 0 Å². The summed E-state index contributed by atoms with van der Waals surface area (Å²) in [6.07, 6.45) is 0.898. The van der Waals surface area contributed by atoms with Crippen LogP contribution in [0.4, 0.5) is 0 Å². The van der Waals surface area contributed by atoms with Gasteiger partial charge in [0.05, 0.1) is 19.3 Å². The van der Waals surface area contributed by atoms with Gasteiger partial charge in [0.25, 0.3) is 0 Å². The van der Waals surface area contributed by atoms with E-state index in [0.29, 0.717) is 19.7 Å². The van der Waals surface area contributed by atoms with Gasteiger partial charge in [0.1, 0.15) is 0 Å². The van der Waals surface area contributed by atoms with E-state index in [9.17, 15) is 4.57 Å². The second-order valence-electron chi connectivity index (χ2n) is 2.82. The highest BCUT2D eigenvalue weighted by Gasteiger charge is 2.26. The van der Waals surface area contributed by atoms with E-state index in [1.54, 1.807) is 0 Å². The van der Waals surface area contributed by atoms with Crippen LogP contribution < -0.4 is 0 Å². The summed E-state index contributed by atoms with van der Waals surface area (Å²) >= 11 is 5.06. The normalized spacial score (nSPS) is 29.9. The van der Waals surface area contributed by atoms with Crippen LogP contribution in [0, 0.1) is 0 Å². The van der Waals surface area contributed by atoms with Crippen LogP contribution in [0.5, 0.6) is 0 Å². The minimum Gasteiger partial charge on any atom is -0.375 e. The molecular weight excluding hydrogens is 216 g/mol. The lowest BCUT2D eigenvalue weighted by molar-refractivity contribution is -0.149. The quantitative estimate of drug-likeness (QED) is 0.741. The number of hydrogen-bond acceptors (Lipinski definition) is 4. The van der Waals surface area contributed by atoms with E-state index < -0.39 is 6.95 Å². The number of hydrogen-bond donors (Lipinski definition) is 1. The Morgan fingerprint density at radius 3 is 3.08 bits per heavy atom. The van der Waals surface area contributed by atoms with Crippen LogP contribution in [0.25, 0.3) is 0 Å². The van der Waals surface area contributed by atoms with Crippen molar-refractivity contribution >= 4 is 18.2 Å². The van der Waals surface area contributed by atoms with Crippen molar-refractivity contribution in [1.82, 2.24) is 5.06 Å². The minimum atomic E-state index is -3.93. The van der Waals surface area contributed by atoms with Gasteiger partial charge in [0.15, 0.2) is 0 Å². The summed E-state index contributed by atoms with van der Waals surface area (Å²) in [5.41, 5.74) is 0. The Hall–Kier alpha value is 0.360. The SMILES string of the molecule is CCC1CN(OP(=O)(O)Cl)CCO1. The molecule has 78 valence electrons. The van der Waals surface area contributed by atoms with E-state index in [-0.39, 0.29) is 6.10 Å². The molecule has 1 heterocycles. The predicted molar refractivity (Wildman–Crippen MR) is 48.4 cm³/mol. The molecule has 0 aliphatic carbocycles. The molecule has 0 spiro atoms. The molecular formula is C6H13ClNO4P. The molecule has 1 fully saturated rings. The zero-order valence-corrected chi connectivity index (χ0v) is 9.00. The standard InChI is InChI=1S/C6H13ClNO4P/c1-2-6-5-8(3-4-11-6)12-13(7,9)10/h6H,2-5H2,1H3,(H,9,10). The Balaban J connectivity index is 2.38. The topological polar surface area (TPSA) is 59.0 Å². The number of ether oxygens (including phenoxy) is 1. The molecule has 1 saturated heterocycles. The van der Waals surface area contributed by atoms with E-state index in [1.807, 2.05) is 6.92 Å². The second kappa shape index (κ2) is 4.73. The summed E-state index contributed by atoms with van der Waals surface area (Å²) in [7, 11) is 0. The first-order valence-electron chi connectivity index (χ1n) is 4.10. The van der Waals surface area contributed by atoms with Gasteiger partial charge in [-0.1, -0.05) is 6.92 Å². The first-order chi connectivity index (χ1) is 6.01. The number of nitrogens with zero attached hydrogens (tertiary/aromatic N) is 1. The molecule has 0 aromatic heterocycles. The molecule has 1 aliphatic heterocycles. The fraction of sp³-hybridized carbons (Fsp3) is 1.00. The summed E-state index contributed by atoms with van der Waals surface area (Å²) in [6.45, 7) is -0.508. The third-order valence-electron chi connectivity index (χ3n) is 1.77. The van der Waals surface area contributed by atoms with Crippen LogP contribution in [-0.2, 0) is 13.9 Å². The maximum absolute atomic E-state index is 10.7. The van der Waals surface area contributed by atoms with Crippen molar-refractivity contribution in [2.24, 2.45) is 0 Å². The molecule has 0 aromatic rings. The molecule has 5 nitrogen and oxygen atoms in total. The molecule has 1 aliphatic rings. The lowest BCUT2D eigenvalue weighted by Gasteiger charge is -2.31. The van der Waals surface area contributed by atoms with E-state index in [4.69, 9.17) is 20.9 Å². The van der Waals surface area contributed by atoms with Crippen molar-refractivity contribution in [1.29, 1.82) is 0 Å². The summed E-state index contributed by atoms with van der Waals surface area (Å²) in [5.74, 6) is 0. The highest BCUT2D eigenvalue weighted by atomic mass is 35.7. The summed E-state index contributed by atoms with van der Waals surface area (Å²) in [5, 5.41) is 1.38. The Labute approximate surface area is 81.9 Å². The van der Waals surface area contributed by atoms with Crippen molar-refractivity contribution < 1.29 is 18.8 Å². The fourth-order valence-electron chi connectivity index (χ4n) is 1.16. The molecule has 13 heavy (non-hydrogen) atoms. The first-order valence-corrected chi connectivity index (χ1v) is 6.58. The number of morpholine rings is 1. The van der Waals surface area contributed by atoms with E-state index in [2.05, 4.69) is 4.62 Å². The van der Waals surface area contributed by atoms with Gasteiger partial charge >= 0.3 is 6.95 Å². The number of rotatable bonds is 3. The third-order valence-corrected chi connectivity index (χ3v) is 2.39. The monoisotopic (exact) mass is 229 g/mol. The van der Waals surface area contributed by atoms with Gasteiger partial charge in [0.2, 0.25) is 0 Å². The maximum Gasteiger partial charge on any atom is 0.438 e. The van der Waals surface area contributed by atoms with Crippen LogP contribution in [0.15, 0.2) is 0 Å². The second-order valence-corrected chi connectivity index (χ2v) is 5.17. The Morgan fingerprint density at radius 1 is 1.85 bits per heavy atom. The molecule has 0 radical (unpaired) electrons. The maximum atomic E-state index is 10.7. The van der Waals surface area contributed by atoms with Crippen LogP contribution >= 0.6 is 18.2 Å². The lowest BCUT2D eigenvalue weighted by atomic mass is 10.2. The zero-order chi connectivity index (χ0) is 9.90. The predicted octanol–water partition coefficient (Wildman–Crippen LogP) is 1.37. The lowest BCUT2D eigenvalue weighted by Crippen LogP contribution is -2.41. The summed E-state index contributed by atoms with van der Waals surface area (Å²) < 4.78 is 20.7. The van der Waals surface area contributed by atoms with Gasteiger partial charge < -0.3 is 9.63 Å². The van der Waals surface area contributed by atoms with Crippen molar-refractivity contribution in [2.45, 2.75) is 19.4 Å². The van der Waals surface area contributed by atoms with Gasteiger partial charge in [-0.25, -0.2) is 9.19 Å². The average molecular weight is 230 g/mol. The van der Waals surface area contributed by atoms with Crippen molar-refractivity contribution in [2.75, 3.05) is 19.7 Å². The van der Waals surface area contributed by atoms with Crippen molar-refractivity contribution in [3.8, 4) is 0 Å². The largest absolute Gasteiger partial charge is 0.438 e. The van der Waals surface area contributed by atoms with Gasteiger partial charge in [-0.3, -0.25) is 0 Å². The molecule has 7 heteroatoms. The Bertz CT molecular complexity index is 209. The Morgan fingerprint density at radius 2 is 2.54 bits per heavy atom. The first kappa shape index (κ1) is 11.4. The highest BCUT2D eigenvalue weighted by Crippen LogP contribution is 2.48.